The molecule has 0 bridgehead atoms. The van der Waals surface area contributed by atoms with Crippen molar-refractivity contribution in [3.05, 3.63) is 17.0 Å². The number of likely N-dealkylation sites (tertiary alicyclic amines) is 1. The zero-order valence-electron chi connectivity index (χ0n) is 13.6. The molecule has 118 valence electrons. The number of carbonyl (C=O) groups excluding carboxylic acids is 1. The summed E-state index contributed by atoms with van der Waals surface area (Å²) in [6, 6.07) is 0.453. The highest BCUT2D eigenvalue weighted by Gasteiger charge is 2.35. The summed E-state index contributed by atoms with van der Waals surface area (Å²) in [6.07, 6.45) is 0.874. The van der Waals surface area contributed by atoms with Crippen LogP contribution in [0.1, 0.15) is 42.5 Å². The van der Waals surface area contributed by atoms with Crippen molar-refractivity contribution in [3.63, 3.8) is 0 Å². The molecule has 21 heavy (non-hydrogen) atoms. The number of rotatable bonds is 5. The highest BCUT2D eigenvalue weighted by molar-refractivity contribution is 5.94. The van der Waals surface area contributed by atoms with Crippen molar-refractivity contribution in [2.75, 3.05) is 20.2 Å². The summed E-state index contributed by atoms with van der Waals surface area (Å²) in [5.74, 6) is -0.124. The molecule has 0 aromatic carbocycles. The highest BCUT2D eigenvalue weighted by atomic mass is 16.5. The SMILES string of the molecule is CCc1[nH]nc(C(=O)N[C@@H]2CN(C(C)C)C[C@H]2OC)c1C. The van der Waals surface area contributed by atoms with Crippen molar-refractivity contribution >= 4 is 5.91 Å². The van der Waals surface area contributed by atoms with E-state index in [9.17, 15) is 4.79 Å². The molecule has 1 aliphatic rings. The molecule has 1 aliphatic heterocycles. The van der Waals surface area contributed by atoms with Gasteiger partial charge in [-0.15, -0.1) is 0 Å². The van der Waals surface area contributed by atoms with Gasteiger partial charge in [-0.25, -0.2) is 0 Å². The first-order valence-corrected chi connectivity index (χ1v) is 7.59. The van der Waals surface area contributed by atoms with Crippen molar-refractivity contribution in [2.24, 2.45) is 0 Å². The van der Waals surface area contributed by atoms with Gasteiger partial charge in [-0.1, -0.05) is 6.92 Å². The lowest BCUT2D eigenvalue weighted by Gasteiger charge is -2.19. The number of amides is 1. The molecule has 2 heterocycles. The van der Waals surface area contributed by atoms with Gasteiger partial charge in [0.25, 0.3) is 5.91 Å². The number of ether oxygens (including phenoxy) is 1. The minimum Gasteiger partial charge on any atom is -0.378 e. The number of nitrogens with one attached hydrogen (secondary N) is 2. The van der Waals surface area contributed by atoms with Crippen LogP contribution in [0.4, 0.5) is 0 Å². The molecule has 1 amide bonds. The van der Waals surface area contributed by atoms with Crippen LogP contribution in [0.15, 0.2) is 0 Å². The number of aromatic nitrogens is 2. The van der Waals surface area contributed by atoms with E-state index in [1.807, 2.05) is 13.8 Å². The Morgan fingerprint density at radius 3 is 2.76 bits per heavy atom. The highest BCUT2D eigenvalue weighted by Crippen LogP contribution is 2.17. The van der Waals surface area contributed by atoms with Crippen LogP contribution in [-0.2, 0) is 11.2 Å². The first-order chi connectivity index (χ1) is 9.97. The Morgan fingerprint density at radius 2 is 2.24 bits per heavy atom. The predicted molar refractivity (Wildman–Crippen MR) is 81.5 cm³/mol. The van der Waals surface area contributed by atoms with Gasteiger partial charge in [0.15, 0.2) is 5.69 Å². The largest absolute Gasteiger partial charge is 0.378 e. The summed E-state index contributed by atoms with van der Waals surface area (Å²) in [6.45, 7) is 9.94. The van der Waals surface area contributed by atoms with E-state index < -0.39 is 0 Å². The minimum absolute atomic E-state index is 0.00563. The van der Waals surface area contributed by atoms with E-state index >= 15 is 0 Å². The van der Waals surface area contributed by atoms with Gasteiger partial charge in [0.05, 0.1) is 12.1 Å². The summed E-state index contributed by atoms with van der Waals surface area (Å²) >= 11 is 0. The van der Waals surface area contributed by atoms with Crippen LogP contribution in [0.3, 0.4) is 0 Å². The lowest BCUT2D eigenvalue weighted by molar-refractivity contribution is 0.0750. The minimum atomic E-state index is -0.124. The number of nitrogens with zero attached hydrogens (tertiary/aromatic N) is 2. The lowest BCUT2D eigenvalue weighted by atomic mass is 10.1. The van der Waals surface area contributed by atoms with Crippen molar-refractivity contribution in [2.45, 2.75) is 52.3 Å². The fourth-order valence-electron chi connectivity index (χ4n) is 2.84. The Kier molecular flexibility index (Phi) is 5.00. The van der Waals surface area contributed by atoms with Crippen molar-refractivity contribution in [1.29, 1.82) is 0 Å². The summed E-state index contributed by atoms with van der Waals surface area (Å²) in [4.78, 5) is 14.7. The van der Waals surface area contributed by atoms with E-state index in [4.69, 9.17) is 4.74 Å². The van der Waals surface area contributed by atoms with Gasteiger partial charge in [0.2, 0.25) is 0 Å². The monoisotopic (exact) mass is 294 g/mol. The van der Waals surface area contributed by atoms with E-state index in [0.717, 1.165) is 30.8 Å². The Hall–Kier alpha value is -1.40. The molecule has 1 aromatic heterocycles. The quantitative estimate of drug-likeness (QED) is 0.854. The second-order valence-corrected chi connectivity index (χ2v) is 5.93. The van der Waals surface area contributed by atoms with Crippen LogP contribution in [0.5, 0.6) is 0 Å². The second kappa shape index (κ2) is 6.58. The zero-order chi connectivity index (χ0) is 15.6. The lowest BCUT2D eigenvalue weighted by Crippen LogP contribution is -2.44. The molecule has 2 N–H and O–H groups in total. The number of aromatic amines is 1. The number of hydrogen-bond donors (Lipinski definition) is 2. The van der Waals surface area contributed by atoms with E-state index in [-0.39, 0.29) is 18.1 Å². The first-order valence-electron chi connectivity index (χ1n) is 7.59. The summed E-state index contributed by atoms with van der Waals surface area (Å²) in [5, 5.41) is 10.1. The standard InChI is InChI=1S/C15H26N4O2/c1-6-11-10(4)14(18-17-11)15(20)16-12-7-19(9(2)3)8-13(12)21-5/h9,12-13H,6-8H2,1-5H3,(H,16,20)(H,17,18)/t12-,13-/m1/s1. The maximum Gasteiger partial charge on any atom is 0.272 e. The molecular weight excluding hydrogens is 268 g/mol. The maximum atomic E-state index is 12.4. The topological polar surface area (TPSA) is 70.2 Å². The Bertz CT molecular complexity index is 498. The molecular formula is C15H26N4O2. The molecule has 0 radical (unpaired) electrons. The van der Waals surface area contributed by atoms with Gasteiger partial charge in [-0.2, -0.15) is 5.10 Å². The molecule has 1 aromatic rings. The van der Waals surface area contributed by atoms with Crippen molar-refractivity contribution < 1.29 is 9.53 Å². The van der Waals surface area contributed by atoms with Crippen molar-refractivity contribution in [1.82, 2.24) is 20.4 Å². The van der Waals surface area contributed by atoms with Gasteiger partial charge in [-0.3, -0.25) is 14.8 Å². The average Bonchev–Trinajstić information content (AvgIpc) is 3.02. The van der Waals surface area contributed by atoms with E-state index in [1.165, 1.54) is 0 Å². The number of hydrogen-bond acceptors (Lipinski definition) is 4. The van der Waals surface area contributed by atoms with Crippen LogP contribution in [0, 0.1) is 6.92 Å². The molecule has 6 nitrogen and oxygen atoms in total. The van der Waals surface area contributed by atoms with Crippen LogP contribution in [0.25, 0.3) is 0 Å². The number of methoxy groups -OCH3 is 1. The molecule has 1 fully saturated rings. The van der Waals surface area contributed by atoms with Gasteiger partial charge in [0.1, 0.15) is 0 Å². The molecule has 2 rings (SSSR count). The van der Waals surface area contributed by atoms with Gasteiger partial charge < -0.3 is 10.1 Å². The normalized spacial score (nSPS) is 23.0. The third-order valence-corrected chi connectivity index (χ3v) is 4.32. The van der Waals surface area contributed by atoms with E-state index in [0.29, 0.717) is 11.7 Å². The van der Waals surface area contributed by atoms with Crippen molar-refractivity contribution in [3.8, 4) is 0 Å². The molecule has 2 atom stereocenters. The number of carbonyl (C=O) groups is 1. The van der Waals surface area contributed by atoms with Gasteiger partial charge >= 0.3 is 0 Å². The average molecular weight is 294 g/mol. The molecule has 0 unspecified atom stereocenters. The number of aryl methyl sites for hydroxylation is 1. The maximum absolute atomic E-state index is 12.4. The fourth-order valence-corrected chi connectivity index (χ4v) is 2.84. The van der Waals surface area contributed by atoms with Crippen LogP contribution in [-0.4, -0.2) is 59.4 Å². The predicted octanol–water partition coefficient (Wildman–Crippen LogP) is 1.12. The van der Waals surface area contributed by atoms with Gasteiger partial charge in [-0.05, 0) is 27.2 Å². The molecule has 0 aliphatic carbocycles. The molecule has 6 heteroatoms. The summed E-state index contributed by atoms with van der Waals surface area (Å²) < 4.78 is 5.51. The smallest absolute Gasteiger partial charge is 0.272 e. The van der Waals surface area contributed by atoms with Crippen LogP contribution < -0.4 is 5.32 Å². The zero-order valence-corrected chi connectivity index (χ0v) is 13.6. The first kappa shape index (κ1) is 16.0. The Labute approximate surface area is 126 Å². The Balaban J connectivity index is 2.06. The second-order valence-electron chi connectivity index (χ2n) is 5.93. The molecule has 0 spiro atoms. The fraction of sp³-hybridized carbons (Fsp3) is 0.733. The number of H-pyrrole nitrogens is 1. The van der Waals surface area contributed by atoms with E-state index in [1.54, 1.807) is 7.11 Å². The van der Waals surface area contributed by atoms with Crippen LogP contribution >= 0.6 is 0 Å². The van der Waals surface area contributed by atoms with Crippen LogP contribution in [0.2, 0.25) is 0 Å². The Morgan fingerprint density at radius 1 is 1.52 bits per heavy atom. The molecule has 0 saturated carbocycles. The molecule has 1 saturated heterocycles. The third kappa shape index (κ3) is 3.27. The van der Waals surface area contributed by atoms with Gasteiger partial charge in [0, 0.05) is 37.5 Å². The third-order valence-electron chi connectivity index (χ3n) is 4.32. The summed E-state index contributed by atoms with van der Waals surface area (Å²) in [5.41, 5.74) is 2.44. The van der Waals surface area contributed by atoms with E-state index in [2.05, 4.69) is 34.3 Å². The summed E-state index contributed by atoms with van der Waals surface area (Å²) in [7, 11) is 1.70.